The van der Waals surface area contributed by atoms with Crippen LogP contribution in [-0.4, -0.2) is 21.9 Å². The maximum atomic E-state index is 12.8. The average molecular weight is 329 g/mol. The molecule has 0 aliphatic carbocycles. The fourth-order valence-corrected chi connectivity index (χ4v) is 2.79. The number of hydrogen-bond donors (Lipinski definition) is 0. The van der Waals surface area contributed by atoms with Gasteiger partial charge in [-0.25, -0.2) is 0 Å². The van der Waals surface area contributed by atoms with Crippen LogP contribution < -0.4 is 10.3 Å². The second-order valence-electron chi connectivity index (χ2n) is 5.53. The van der Waals surface area contributed by atoms with Crippen LogP contribution in [0.5, 0.6) is 5.75 Å². The Balaban J connectivity index is 2.07. The maximum Gasteiger partial charge on any atom is 0.297 e. The van der Waals surface area contributed by atoms with E-state index in [1.165, 1.54) is 4.68 Å². The predicted octanol–water partition coefficient (Wildman–Crippen LogP) is 3.46. The van der Waals surface area contributed by atoms with Crippen molar-refractivity contribution in [2.45, 2.75) is 0 Å². The van der Waals surface area contributed by atoms with Gasteiger partial charge in [0, 0.05) is 17.1 Å². The number of hydrogen-bond acceptors (Lipinski definition) is 4. The third-order valence-corrected chi connectivity index (χ3v) is 4.00. The molecule has 25 heavy (non-hydrogen) atoms. The zero-order chi connectivity index (χ0) is 17.2. The second kappa shape index (κ2) is 6.20. The van der Waals surface area contributed by atoms with Crippen LogP contribution >= 0.6 is 0 Å². The molecule has 0 saturated heterocycles. The molecular weight excluding hydrogens is 314 g/mol. The fourth-order valence-electron chi connectivity index (χ4n) is 2.79. The van der Waals surface area contributed by atoms with Crippen LogP contribution in [0.4, 0.5) is 0 Å². The van der Waals surface area contributed by atoms with Crippen LogP contribution in [0.3, 0.4) is 0 Å². The van der Waals surface area contributed by atoms with Gasteiger partial charge in [0.1, 0.15) is 17.0 Å². The summed E-state index contributed by atoms with van der Waals surface area (Å²) in [6, 6.07) is 20.6. The zero-order valence-electron chi connectivity index (χ0n) is 13.6. The first-order valence-corrected chi connectivity index (χ1v) is 7.86. The highest BCUT2D eigenvalue weighted by molar-refractivity contribution is 5.91. The molecule has 4 aromatic rings. The molecule has 2 heterocycles. The Labute approximate surface area is 144 Å². The van der Waals surface area contributed by atoms with E-state index in [1.807, 2.05) is 60.7 Å². The van der Waals surface area contributed by atoms with Crippen molar-refractivity contribution in [3.8, 4) is 22.7 Å². The standard InChI is InChI=1S/C20H15N3O2/c1-25-16-10-5-7-14(13-16)18-17-11-6-12-21-19(17)20(24)23(22-18)15-8-3-2-4-9-15/h2-13H,1H3. The van der Waals surface area contributed by atoms with E-state index < -0.39 is 0 Å². The van der Waals surface area contributed by atoms with Crippen LogP contribution in [-0.2, 0) is 0 Å². The first-order chi connectivity index (χ1) is 12.3. The number of nitrogens with zero attached hydrogens (tertiary/aromatic N) is 3. The van der Waals surface area contributed by atoms with Gasteiger partial charge in [-0.15, -0.1) is 0 Å². The van der Waals surface area contributed by atoms with Crippen molar-refractivity contribution in [3.63, 3.8) is 0 Å². The summed E-state index contributed by atoms with van der Waals surface area (Å²) in [5.74, 6) is 0.730. The molecule has 0 amide bonds. The van der Waals surface area contributed by atoms with E-state index >= 15 is 0 Å². The number of ether oxygens (including phenoxy) is 1. The first kappa shape index (κ1) is 15.1. The molecule has 0 atom stereocenters. The number of rotatable bonds is 3. The maximum absolute atomic E-state index is 12.8. The Morgan fingerprint density at radius 2 is 1.80 bits per heavy atom. The van der Waals surface area contributed by atoms with Crippen molar-refractivity contribution >= 4 is 10.9 Å². The van der Waals surface area contributed by atoms with Crippen molar-refractivity contribution in [2.75, 3.05) is 7.11 Å². The summed E-state index contributed by atoms with van der Waals surface area (Å²) in [6.45, 7) is 0. The van der Waals surface area contributed by atoms with Gasteiger partial charge in [0.25, 0.3) is 5.56 Å². The summed E-state index contributed by atoms with van der Waals surface area (Å²) in [5, 5.41) is 5.34. The molecule has 0 bridgehead atoms. The van der Waals surface area contributed by atoms with Crippen LogP contribution in [0.15, 0.2) is 77.7 Å². The van der Waals surface area contributed by atoms with Crippen molar-refractivity contribution in [3.05, 3.63) is 83.3 Å². The molecule has 0 radical (unpaired) electrons. The van der Waals surface area contributed by atoms with Crippen LogP contribution in [0, 0.1) is 0 Å². The van der Waals surface area contributed by atoms with Gasteiger partial charge in [0.15, 0.2) is 0 Å². The van der Waals surface area contributed by atoms with Crippen molar-refractivity contribution in [1.82, 2.24) is 14.8 Å². The van der Waals surface area contributed by atoms with Gasteiger partial charge < -0.3 is 4.74 Å². The lowest BCUT2D eigenvalue weighted by atomic mass is 10.1. The minimum atomic E-state index is -0.242. The van der Waals surface area contributed by atoms with Crippen molar-refractivity contribution in [1.29, 1.82) is 0 Å². The predicted molar refractivity (Wildman–Crippen MR) is 97.1 cm³/mol. The van der Waals surface area contributed by atoms with Crippen LogP contribution in [0.1, 0.15) is 0 Å². The van der Waals surface area contributed by atoms with E-state index in [2.05, 4.69) is 10.1 Å². The highest BCUT2D eigenvalue weighted by Gasteiger charge is 2.14. The minimum Gasteiger partial charge on any atom is -0.497 e. The van der Waals surface area contributed by atoms with E-state index in [0.29, 0.717) is 22.3 Å². The van der Waals surface area contributed by atoms with Gasteiger partial charge in [-0.05, 0) is 36.4 Å². The minimum absolute atomic E-state index is 0.242. The summed E-state index contributed by atoms with van der Waals surface area (Å²) in [4.78, 5) is 17.1. The third-order valence-electron chi connectivity index (χ3n) is 4.00. The van der Waals surface area contributed by atoms with E-state index in [0.717, 1.165) is 11.3 Å². The van der Waals surface area contributed by atoms with Gasteiger partial charge in [0.05, 0.1) is 12.8 Å². The summed E-state index contributed by atoms with van der Waals surface area (Å²) < 4.78 is 6.71. The topological polar surface area (TPSA) is 57.0 Å². The summed E-state index contributed by atoms with van der Waals surface area (Å²) >= 11 is 0. The summed E-state index contributed by atoms with van der Waals surface area (Å²) in [5.41, 5.74) is 2.39. The lowest BCUT2D eigenvalue weighted by Gasteiger charge is -2.11. The van der Waals surface area contributed by atoms with Gasteiger partial charge in [-0.1, -0.05) is 30.3 Å². The molecule has 122 valence electrons. The Kier molecular flexibility index (Phi) is 3.74. The molecule has 0 fully saturated rings. The normalized spacial score (nSPS) is 10.8. The van der Waals surface area contributed by atoms with E-state index in [4.69, 9.17) is 4.74 Å². The van der Waals surface area contributed by atoms with Gasteiger partial charge in [-0.2, -0.15) is 9.78 Å². The third kappa shape index (κ3) is 2.65. The molecule has 0 unspecified atom stereocenters. The molecule has 4 rings (SSSR count). The SMILES string of the molecule is COc1cccc(-c2nn(-c3ccccc3)c(=O)c3ncccc23)c1. The number of fused-ring (bicyclic) bond motifs is 1. The highest BCUT2D eigenvalue weighted by Crippen LogP contribution is 2.27. The van der Waals surface area contributed by atoms with Crippen LogP contribution in [0.2, 0.25) is 0 Å². The molecule has 2 aromatic carbocycles. The molecule has 0 aliphatic rings. The molecule has 0 spiro atoms. The van der Waals surface area contributed by atoms with Gasteiger partial charge in [0.2, 0.25) is 0 Å². The lowest BCUT2D eigenvalue weighted by Crippen LogP contribution is -2.22. The Bertz CT molecular complexity index is 1100. The quantitative estimate of drug-likeness (QED) is 0.577. The molecule has 5 nitrogen and oxygen atoms in total. The molecule has 0 aliphatic heterocycles. The van der Waals surface area contributed by atoms with E-state index in [9.17, 15) is 4.79 Å². The summed E-state index contributed by atoms with van der Waals surface area (Å²) in [6.07, 6.45) is 1.62. The zero-order valence-corrected chi connectivity index (χ0v) is 13.6. The molecular formula is C20H15N3O2. The number of methoxy groups -OCH3 is 1. The number of aromatic nitrogens is 3. The smallest absolute Gasteiger partial charge is 0.297 e. The Hall–Kier alpha value is -3.47. The van der Waals surface area contributed by atoms with Gasteiger partial charge in [-0.3, -0.25) is 9.78 Å². The Morgan fingerprint density at radius 1 is 0.960 bits per heavy atom. The van der Waals surface area contributed by atoms with Crippen molar-refractivity contribution in [2.24, 2.45) is 0 Å². The van der Waals surface area contributed by atoms with E-state index in [-0.39, 0.29) is 5.56 Å². The molecule has 0 saturated carbocycles. The van der Waals surface area contributed by atoms with Gasteiger partial charge >= 0.3 is 0 Å². The highest BCUT2D eigenvalue weighted by atomic mass is 16.5. The average Bonchev–Trinajstić information content (AvgIpc) is 2.69. The van der Waals surface area contributed by atoms with E-state index in [1.54, 1.807) is 19.4 Å². The lowest BCUT2D eigenvalue weighted by molar-refractivity contribution is 0.415. The first-order valence-electron chi connectivity index (χ1n) is 7.86. The molecule has 5 heteroatoms. The molecule has 2 aromatic heterocycles. The number of pyridine rings is 1. The van der Waals surface area contributed by atoms with Crippen molar-refractivity contribution < 1.29 is 4.74 Å². The fraction of sp³-hybridized carbons (Fsp3) is 0.0500. The monoisotopic (exact) mass is 329 g/mol. The second-order valence-corrected chi connectivity index (χ2v) is 5.53. The summed E-state index contributed by atoms with van der Waals surface area (Å²) in [7, 11) is 1.62. The van der Waals surface area contributed by atoms with Crippen LogP contribution in [0.25, 0.3) is 27.8 Å². The number of benzene rings is 2. The largest absolute Gasteiger partial charge is 0.497 e. The number of para-hydroxylation sites is 1. The molecule has 0 N–H and O–H groups in total. The Morgan fingerprint density at radius 3 is 2.60 bits per heavy atom.